The minimum atomic E-state index is -4.91. The Balaban J connectivity index is 0.00000228. The smallest absolute Gasteiger partial charge is 0.427 e. The van der Waals surface area contributed by atoms with E-state index in [1.165, 1.54) is 4.90 Å². The largest absolute Gasteiger partial charge is 0.472 e. The lowest BCUT2D eigenvalue weighted by Gasteiger charge is -2.34. The van der Waals surface area contributed by atoms with Gasteiger partial charge in [-0.05, 0) is 89.3 Å². The number of carbonyl (C=O) groups excluding carboxylic acids is 4. The molecular weight excluding hydrogens is 846 g/mol. The highest BCUT2D eigenvalue weighted by atomic mass is 32.2. The van der Waals surface area contributed by atoms with E-state index in [4.69, 9.17) is 14.2 Å². The number of anilines is 1. The van der Waals surface area contributed by atoms with Crippen molar-refractivity contribution in [1.29, 1.82) is 0 Å². The topological polar surface area (TPSA) is 186 Å². The van der Waals surface area contributed by atoms with E-state index in [0.717, 1.165) is 11.1 Å². The number of morpholine rings is 1. The monoisotopic (exact) mass is 912 g/mol. The van der Waals surface area contributed by atoms with Crippen LogP contribution in [0.2, 0.25) is 0 Å². The molecule has 4 heterocycles. The van der Waals surface area contributed by atoms with Crippen molar-refractivity contribution in [2.24, 2.45) is 17.8 Å². The second-order valence-corrected chi connectivity index (χ2v) is 20.3. The van der Waals surface area contributed by atoms with E-state index in [1.54, 1.807) is 26.1 Å². The molecule has 2 saturated heterocycles. The normalized spacial score (nSPS) is 29.3. The number of benzene rings is 1. The zero-order valence-electron chi connectivity index (χ0n) is 37.0. The Morgan fingerprint density at radius 2 is 1.75 bits per heavy atom. The van der Waals surface area contributed by atoms with E-state index in [9.17, 15) is 40.8 Å². The summed E-state index contributed by atoms with van der Waals surface area (Å²) in [5, 5.41) is 6.76. The summed E-state index contributed by atoms with van der Waals surface area (Å²) < 4.78 is 85.9. The molecule has 63 heavy (non-hydrogen) atoms. The van der Waals surface area contributed by atoms with Crippen LogP contribution in [-0.4, -0.2) is 115 Å². The van der Waals surface area contributed by atoms with E-state index >= 15 is 0 Å². The molecule has 2 saturated carbocycles. The average molecular weight is 913 g/mol. The average Bonchev–Trinajstić information content (AvgIpc) is 4.11. The van der Waals surface area contributed by atoms with Gasteiger partial charge in [-0.2, -0.15) is 13.2 Å². The molecule has 7 rings (SSSR count). The Bertz CT molecular complexity index is 2200. The third-order valence-electron chi connectivity index (χ3n) is 12.9. The number of amides is 4. The van der Waals surface area contributed by atoms with E-state index in [0.29, 0.717) is 77.6 Å². The number of carbonyl (C=O) groups is 4. The molecule has 354 valence electrons. The van der Waals surface area contributed by atoms with Gasteiger partial charge in [-0.25, -0.2) is 18.2 Å². The van der Waals surface area contributed by atoms with Gasteiger partial charge in [-0.15, -0.1) is 0 Å². The van der Waals surface area contributed by atoms with E-state index in [-0.39, 0.29) is 35.5 Å². The summed E-state index contributed by atoms with van der Waals surface area (Å²) in [5.41, 5.74) is -3.57. The van der Waals surface area contributed by atoms with Crippen LogP contribution in [0.25, 0.3) is 10.8 Å². The molecular formula is C44H67F3N6O9S. The fraction of sp³-hybridized carbons (Fsp3) is 0.659. The number of nitrogens with one attached hydrogen (secondary N) is 3. The maximum absolute atomic E-state index is 14.9. The van der Waals surface area contributed by atoms with Crippen molar-refractivity contribution < 1.29 is 59.3 Å². The Hall–Kier alpha value is -4.65. The second-order valence-electron chi connectivity index (χ2n) is 18.1. The Morgan fingerprint density at radius 3 is 2.41 bits per heavy atom. The summed E-state index contributed by atoms with van der Waals surface area (Å²) >= 11 is 0. The van der Waals surface area contributed by atoms with Crippen molar-refractivity contribution in [1.82, 2.24) is 25.2 Å². The van der Waals surface area contributed by atoms with Crippen molar-refractivity contribution in [3.63, 3.8) is 0 Å². The minimum Gasteiger partial charge on any atom is -0.472 e. The lowest BCUT2D eigenvalue weighted by molar-refractivity contribution is -0.244. The summed E-state index contributed by atoms with van der Waals surface area (Å²) in [4.78, 5) is 64.6. The van der Waals surface area contributed by atoms with Crippen LogP contribution in [-0.2, 0) is 33.9 Å². The molecule has 3 N–H and O–H groups in total. The highest BCUT2D eigenvalue weighted by Gasteiger charge is 2.63. The van der Waals surface area contributed by atoms with E-state index in [1.807, 2.05) is 51.1 Å². The van der Waals surface area contributed by atoms with Crippen molar-refractivity contribution in [3.05, 3.63) is 42.6 Å². The maximum Gasteiger partial charge on any atom is 0.427 e. The molecule has 4 amide bonds. The van der Waals surface area contributed by atoms with Crippen LogP contribution < -0.4 is 25.0 Å². The van der Waals surface area contributed by atoms with Crippen LogP contribution in [0, 0.1) is 17.8 Å². The van der Waals surface area contributed by atoms with Crippen LogP contribution in [0.15, 0.2) is 42.6 Å². The number of rotatable bonds is 8. The van der Waals surface area contributed by atoms with Crippen molar-refractivity contribution in [3.8, 4) is 5.88 Å². The number of alkyl halides is 3. The fourth-order valence-corrected chi connectivity index (χ4v) is 9.85. The quantitative estimate of drug-likeness (QED) is 0.246. The highest BCUT2D eigenvalue weighted by Crippen LogP contribution is 2.48. The zero-order chi connectivity index (χ0) is 46.1. The number of sulfonamides is 1. The number of ether oxygens (including phenoxy) is 3. The third kappa shape index (κ3) is 10.2. The molecule has 15 nitrogen and oxygen atoms in total. The number of nitrogens with zero attached hydrogens (tertiary/aromatic N) is 3. The van der Waals surface area contributed by atoms with E-state index < -0.39 is 85.9 Å². The summed E-state index contributed by atoms with van der Waals surface area (Å²) in [6, 6.07) is 4.84. The van der Waals surface area contributed by atoms with Gasteiger partial charge < -0.3 is 34.6 Å². The van der Waals surface area contributed by atoms with Gasteiger partial charge in [-0.3, -0.25) is 19.1 Å². The van der Waals surface area contributed by atoms with Crippen LogP contribution in [0.1, 0.15) is 97.7 Å². The summed E-state index contributed by atoms with van der Waals surface area (Å²) in [5.74, 6) is -3.40. The number of pyridine rings is 1. The number of alkyl carbamates (subject to hydrolysis) is 1. The molecule has 1 aromatic heterocycles. The first kappa shape index (κ1) is 47.8. The number of hydrogen-bond acceptors (Lipinski definition) is 11. The first-order valence-corrected chi connectivity index (χ1v) is 23.4. The van der Waals surface area contributed by atoms with E-state index in [2.05, 4.69) is 25.2 Å². The van der Waals surface area contributed by atoms with Gasteiger partial charge in [0.1, 0.15) is 23.7 Å². The van der Waals surface area contributed by atoms with Gasteiger partial charge >= 0.3 is 12.3 Å². The third-order valence-corrected chi connectivity index (χ3v) is 15.1. The molecule has 0 unspecified atom stereocenters. The SMILES string of the molecule is CC.C[C@@H]1CC/C=C\[C@@H]2C[C@@]2(C(=O)NS(=O)(=O)C2(C)CC2)NC(=O)[C@@H]2C[C@@H](Oc3nccc4c(N5CCOCC5)cccc34)CN2C(=O)[C@@H](NC(=O)OC(C)(C)C(F)(F)F)[C@H](C)C1.[HH].[HH].[HH]. The number of allylic oxidation sites excluding steroid dienone is 1. The lowest BCUT2D eigenvalue weighted by atomic mass is 9.88. The Kier molecular flexibility index (Phi) is 14.0. The minimum absolute atomic E-state index is 0. The summed E-state index contributed by atoms with van der Waals surface area (Å²) in [7, 11) is -4.08. The first-order chi connectivity index (χ1) is 29.6. The maximum atomic E-state index is 14.9. The lowest BCUT2D eigenvalue weighted by Crippen LogP contribution is -2.59. The van der Waals surface area contributed by atoms with Gasteiger partial charge in [0.05, 0.1) is 24.5 Å². The molecule has 1 aromatic carbocycles. The molecule has 3 aliphatic heterocycles. The first-order valence-electron chi connectivity index (χ1n) is 21.9. The molecule has 5 aliphatic rings. The van der Waals surface area contributed by atoms with Gasteiger partial charge in [0.15, 0.2) is 0 Å². The zero-order valence-corrected chi connectivity index (χ0v) is 37.9. The molecule has 0 spiro atoms. The molecule has 19 heteroatoms. The summed E-state index contributed by atoms with van der Waals surface area (Å²) in [6.45, 7) is 12.9. The van der Waals surface area contributed by atoms with Crippen LogP contribution >= 0.6 is 0 Å². The number of fused-ring (bicyclic) bond motifs is 3. The standard InChI is InChI=1S/C42H55F3N6O9S.C2H6.3H2/c1-25-9-6-7-10-27-23-41(27,37(54)49-61(56,57)40(5)14-15-40)48-34(52)32-22-28(59-35-30-11-8-12-31(29(30)13-16-46-35)50-17-19-58-20-18-50)24-51(32)36(53)33(26(2)21-25)47-38(55)60-39(3,4)42(43,44)45;1-2;;;/h7-8,10-13,16,25-28,32-33H,6,9,14-15,17-24H2,1-5H3,(H,47,55)(H,48,52)(H,49,54);1-2H3;3*1H/b10-7-;;;;/t25-,26-,27-,28-,32+,33+,41-;;;;/m1..../s1. The fourth-order valence-electron chi connectivity index (χ4n) is 8.54. The predicted molar refractivity (Wildman–Crippen MR) is 236 cm³/mol. The van der Waals surface area contributed by atoms with Gasteiger partial charge in [0.2, 0.25) is 33.3 Å². The Morgan fingerprint density at radius 1 is 1.05 bits per heavy atom. The van der Waals surface area contributed by atoms with Crippen molar-refractivity contribution in [2.75, 3.05) is 37.7 Å². The van der Waals surface area contributed by atoms with Crippen molar-refractivity contribution in [2.45, 2.75) is 134 Å². The van der Waals surface area contributed by atoms with Crippen LogP contribution in [0.4, 0.5) is 23.7 Å². The van der Waals surface area contributed by atoms with Crippen LogP contribution in [0.5, 0.6) is 5.88 Å². The number of hydrogen-bond donors (Lipinski definition) is 3. The predicted octanol–water partition coefficient (Wildman–Crippen LogP) is 6.51. The molecule has 4 fully saturated rings. The van der Waals surface area contributed by atoms with Gasteiger partial charge in [0, 0.05) is 52.4 Å². The number of halogens is 3. The second kappa shape index (κ2) is 18.4. The molecule has 0 radical (unpaired) electrons. The van der Waals surface area contributed by atoms with Gasteiger partial charge in [-0.1, -0.05) is 45.9 Å². The highest BCUT2D eigenvalue weighted by molar-refractivity contribution is 7.91. The molecule has 2 aromatic rings. The molecule has 7 atom stereocenters. The van der Waals surface area contributed by atoms with Crippen molar-refractivity contribution >= 4 is 50.3 Å². The van der Waals surface area contributed by atoms with Gasteiger partial charge in [0.25, 0.3) is 5.91 Å². The molecule has 0 bridgehead atoms. The molecule has 2 aliphatic carbocycles. The Labute approximate surface area is 371 Å². The van der Waals surface area contributed by atoms with Crippen LogP contribution in [0.3, 0.4) is 0 Å². The summed E-state index contributed by atoms with van der Waals surface area (Å²) in [6.07, 6.45) is 0.334. The number of aromatic nitrogens is 1.